The lowest BCUT2D eigenvalue weighted by Crippen LogP contribution is -2.53. The Kier molecular flexibility index (Phi) is 8.26. The van der Waals surface area contributed by atoms with E-state index >= 15 is 0 Å². The minimum Gasteiger partial charge on any atom is -0.373 e. The molecule has 0 saturated carbocycles. The molecule has 0 N–H and O–H groups in total. The fraction of sp³-hybridized carbons (Fsp3) is 0.364. The number of benzene rings is 1. The van der Waals surface area contributed by atoms with E-state index in [1.807, 2.05) is 12.1 Å². The van der Waals surface area contributed by atoms with E-state index in [2.05, 4.69) is 38.1 Å². The Morgan fingerprint density at radius 3 is 1.12 bits per heavy atom. The van der Waals surface area contributed by atoms with Gasteiger partial charge in [0.05, 0.1) is 9.00 Å². The first-order chi connectivity index (χ1) is 15.3. The molecule has 0 radical (unpaired) electrons. The van der Waals surface area contributed by atoms with E-state index in [4.69, 9.17) is 26.6 Å². The van der Waals surface area contributed by atoms with Crippen molar-refractivity contribution in [1.82, 2.24) is 0 Å². The summed E-state index contributed by atoms with van der Waals surface area (Å²) >= 11 is 3.31. The molecule has 1 aromatic carbocycles. The molecule has 10 heteroatoms. The maximum absolute atomic E-state index is 5.64. The minimum absolute atomic E-state index is 0.990. The molecule has 0 aliphatic heterocycles. The molecule has 0 atom stereocenters. The lowest BCUT2D eigenvalue weighted by Gasteiger charge is -2.22. The topological polar surface area (TPSA) is 55.4 Å². The molecule has 0 spiro atoms. The average molecular weight is 511 g/mol. The van der Waals surface area contributed by atoms with Gasteiger partial charge in [-0.3, -0.25) is 0 Å². The Bertz CT molecular complexity index is 956. The van der Waals surface area contributed by atoms with Crippen LogP contribution in [0.4, 0.5) is 0 Å². The van der Waals surface area contributed by atoms with Gasteiger partial charge in [0, 0.05) is 52.4 Å². The van der Waals surface area contributed by atoms with Crippen molar-refractivity contribution >= 4 is 49.3 Å². The Morgan fingerprint density at radius 1 is 0.531 bits per heavy atom. The van der Waals surface area contributed by atoms with Gasteiger partial charge in [0.2, 0.25) is 0 Å². The van der Waals surface area contributed by atoms with Crippen molar-refractivity contribution in [2.75, 3.05) is 42.7 Å². The van der Waals surface area contributed by atoms with Crippen LogP contribution < -0.4 is 9.00 Å². The summed E-state index contributed by atoms with van der Waals surface area (Å²) in [4.78, 5) is 2.32. The molecule has 32 heavy (non-hydrogen) atoms. The van der Waals surface area contributed by atoms with Crippen LogP contribution in [-0.2, 0) is 26.6 Å². The first-order valence-electron chi connectivity index (χ1n) is 9.97. The van der Waals surface area contributed by atoms with E-state index in [0.717, 1.165) is 18.8 Å². The Labute approximate surface area is 200 Å². The lowest BCUT2D eigenvalue weighted by molar-refractivity contribution is 0.140. The standard InChI is InChI=1S/C22H30O6S2Si2/c1-15-13-18(20-10-12-22(30-20)32(26-6,27-7)28-8)16(2)14-17(15)19-9-11-21(29-19)31(23-3,24-4)25-5/h9-14H,1-8H3. The maximum atomic E-state index is 5.64. The first kappa shape index (κ1) is 25.4. The van der Waals surface area contributed by atoms with E-state index in [1.54, 1.807) is 65.3 Å². The molecule has 3 aromatic rings. The molecule has 0 saturated heterocycles. The molecule has 3 rings (SSSR count). The summed E-state index contributed by atoms with van der Waals surface area (Å²) in [7, 11) is 4.11. The molecule has 2 aromatic heterocycles. The second-order valence-electron chi connectivity index (χ2n) is 7.15. The summed E-state index contributed by atoms with van der Waals surface area (Å²) < 4.78 is 35.8. The third kappa shape index (κ3) is 4.45. The van der Waals surface area contributed by atoms with Crippen molar-refractivity contribution in [1.29, 1.82) is 0 Å². The first-order valence-corrected chi connectivity index (χ1v) is 15.0. The predicted octanol–water partition coefficient (Wildman–Crippen LogP) is 3.93. The number of hydrogen-bond donors (Lipinski definition) is 0. The fourth-order valence-electron chi connectivity index (χ4n) is 3.75. The van der Waals surface area contributed by atoms with Crippen LogP contribution >= 0.6 is 22.7 Å². The maximum Gasteiger partial charge on any atom is 0.546 e. The zero-order valence-electron chi connectivity index (χ0n) is 19.7. The van der Waals surface area contributed by atoms with E-state index in [0.29, 0.717) is 0 Å². The van der Waals surface area contributed by atoms with Gasteiger partial charge in [-0.25, -0.2) is 0 Å². The van der Waals surface area contributed by atoms with E-state index in [9.17, 15) is 0 Å². The quantitative estimate of drug-likeness (QED) is 0.385. The minimum atomic E-state index is -2.84. The summed E-state index contributed by atoms with van der Waals surface area (Å²) in [6, 6.07) is 12.8. The third-order valence-electron chi connectivity index (χ3n) is 5.53. The largest absolute Gasteiger partial charge is 0.546 e. The van der Waals surface area contributed by atoms with Gasteiger partial charge < -0.3 is 26.6 Å². The van der Waals surface area contributed by atoms with E-state index < -0.39 is 17.6 Å². The number of thiophene rings is 2. The zero-order valence-corrected chi connectivity index (χ0v) is 23.4. The molecule has 0 fully saturated rings. The summed E-state index contributed by atoms with van der Waals surface area (Å²) in [6.45, 7) is 4.27. The van der Waals surface area contributed by atoms with Gasteiger partial charge in [-0.2, -0.15) is 0 Å². The van der Waals surface area contributed by atoms with Gasteiger partial charge in [0.25, 0.3) is 0 Å². The smallest absolute Gasteiger partial charge is 0.373 e. The molecule has 6 nitrogen and oxygen atoms in total. The van der Waals surface area contributed by atoms with Crippen LogP contribution in [0.1, 0.15) is 11.1 Å². The van der Waals surface area contributed by atoms with Crippen molar-refractivity contribution in [3.63, 3.8) is 0 Å². The van der Waals surface area contributed by atoms with Crippen molar-refractivity contribution in [2.24, 2.45) is 0 Å². The van der Waals surface area contributed by atoms with Crippen LogP contribution in [0.3, 0.4) is 0 Å². The third-order valence-corrected chi connectivity index (χ3v) is 14.3. The molecular formula is C22H30O6S2Si2. The highest BCUT2D eigenvalue weighted by atomic mass is 32.1. The van der Waals surface area contributed by atoms with Crippen LogP contribution in [-0.4, -0.2) is 60.3 Å². The highest BCUT2D eigenvalue weighted by Crippen LogP contribution is 2.36. The van der Waals surface area contributed by atoms with Crippen molar-refractivity contribution in [3.8, 4) is 20.9 Å². The van der Waals surface area contributed by atoms with Crippen LogP contribution in [0.15, 0.2) is 36.4 Å². The summed E-state index contributed by atoms with van der Waals surface area (Å²) in [5.74, 6) is 0. The van der Waals surface area contributed by atoms with Crippen LogP contribution in [0.5, 0.6) is 0 Å². The number of hydrogen-bond acceptors (Lipinski definition) is 8. The Balaban J connectivity index is 1.99. The monoisotopic (exact) mass is 510 g/mol. The van der Waals surface area contributed by atoms with E-state index in [1.165, 1.54) is 22.3 Å². The van der Waals surface area contributed by atoms with Crippen LogP contribution in [0.25, 0.3) is 20.9 Å². The average Bonchev–Trinajstić information content (AvgIpc) is 3.50. The highest BCUT2D eigenvalue weighted by Gasteiger charge is 2.43. The molecule has 0 aliphatic rings. The molecule has 0 bridgehead atoms. The number of aryl methyl sites for hydroxylation is 2. The highest BCUT2D eigenvalue weighted by molar-refractivity contribution is 7.27. The van der Waals surface area contributed by atoms with Gasteiger partial charge in [0.1, 0.15) is 0 Å². The molecule has 2 heterocycles. The zero-order chi connectivity index (χ0) is 23.5. The van der Waals surface area contributed by atoms with Gasteiger partial charge in [-0.05, 0) is 72.5 Å². The number of rotatable bonds is 10. The SMILES string of the molecule is CO[Si](OC)(OC)c1ccc(-c2cc(C)c(-c3ccc([Si](OC)(OC)OC)s3)cc2C)s1. The molecule has 0 unspecified atom stereocenters. The van der Waals surface area contributed by atoms with Gasteiger partial charge >= 0.3 is 17.6 Å². The van der Waals surface area contributed by atoms with Gasteiger partial charge in [-0.1, -0.05) is 0 Å². The van der Waals surface area contributed by atoms with Crippen molar-refractivity contribution < 1.29 is 26.6 Å². The van der Waals surface area contributed by atoms with E-state index in [-0.39, 0.29) is 0 Å². The van der Waals surface area contributed by atoms with Crippen LogP contribution in [0, 0.1) is 13.8 Å². The molecule has 0 amide bonds. The summed E-state index contributed by atoms with van der Waals surface area (Å²) in [5.41, 5.74) is 4.78. The predicted molar refractivity (Wildman–Crippen MR) is 135 cm³/mol. The summed E-state index contributed by atoms with van der Waals surface area (Å²) in [5, 5.41) is 0. The Hall–Kier alpha value is -1.19. The molecule has 174 valence electrons. The molecular weight excluding hydrogens is 481 g/mol. The van der Waals surface area contributed by atoms with Gasteiger partial charge in [-0.15, -0.1) is 22.7 Å². The fourth-order valence-corrected chi connectivity index (χ4v) is 11.4. The second kappa shape index (κ2) is 10.4. The molecule has 0 aliphatic carbocycles. The second-order valence-corrected chi connectivity index (χ2v) is 15.8. The van der Waals surface area contributed by atoms with Crippen LogP contribution in [0.2, 0.25) is 0 Å². The normalized spacial score (nSPS) is 12.5. The Morgan fingerprint density at radius 2 is 0.844 bits per heavy atom. The van der Waals surface area contributed by atoms with Gasteiger partial charge in [0.15, 0.2) is 0 Å². The lowest BCUT2D eigenvalue weighted by atomic mass is 9.98. The van der Waals surface area contributed by atoms with Crippen molar-refractivity contribution in [2.45, 2.75) is 13.8 Å². The van der Waals surface area contributed by atoms with Crippen molar-refractivity contribution in [3.05, 3.63) is 47.5 Å². The summed E-state index contributed by atoms with van der Waals surface area (Å²) in [6.07, 6.45) is 0.